The minimum Gasteiger partial charge on any atom is -0.466 e. The number of thioether (sulfide) groups is 1. The monoisotopic (exact) mass is 347 g/mol. The molecule has 0 spiro atoms. The van der Waals surface area contributed by atoms with Crippen LogP contribution in [0.5, 0.6) is 0 Å². The molecule has 2 rings (SSSR count). The first-order valence-electron chi connectivity index (χ1n) is 8.03. The molecule has 1 amide bonds. The molecule has 1 aliphatic rings. The summed E-state index contributed by atoms with van der Waals surface area (Å²) in [6.07, 6.45) is 3.13. The number of esters is 1. The number of piperidine rings is 1. The van der Waals surface area contributed by atoms with Gasteiger partial charge in [-0.15, -0.1) is 0 Å². The molecule has 24 heavy (non-hydrogen) atoms. The zero-order valence-corrected chi connectivity index (χ0v) is 14.7. The largest absolute Gasteiger partial charge is 0.466 e. The third kappa shape index (κ3) is 4.71. The van der Waals surface area contributed by atoms with Crippen LogP contribution in [0.15, 0.2) is 23.4 Å². The highest BCUT2D eigenvalue weighted by Gasteiger charge is 2.31. The van der Waals surface area contributed by atoms with Gasteiger partial charge in [0, 0.05) is 19.3 Å². The maximum Gasteiger partial charge on any atom is 0.310 e. The van der Waals surface area contributed by atoms with E-state index in [9.17, 15) is 9.59 Å². The number of pyridine rings is 1. The van der Waals surface area contributed by atoms with Crippen LogP contribution in [0.25, 0.3) is 0 Å². The molecule has 1 saturated heterocycles. The van der Waals surface area contributed by atoms with Crippen LogP contribution in [0, 0.1) is 17.2 Å². The fourth-order valence-corrected chi connectivity index (χ4v) is 3.59. The Labute approximate surface area is 146 Å². The van der Waals surface area contributed by atoms with Crippen LogP contribution in [0.4, 0.5) is 0 Å². The third-order valence-electron chi connectivity index (χ3n) is 3.86. The van der Waals surface area contributed by atoms with Gasteiger partial charge in [0.2, 0.25) is 5.91 Å². The molecule has 1 fully saturated rings. The van der Waals surface area contributed by atoms with Gasteiger partial charge < -0.3 is 9.64 Å². The van der Waals surface area contributed by atoms with E-state index in [1.54, 1.807) is 30.2 Å². The van der Waals surface area contributed by atoms with Crippen LogP contribution in [-0.2, 0) is 14.3 Å². The number of hydrogen-bond acceptors (Lipinski definition) is 6. The predicted octanol–water partition coefficient (Wildman–Crippen LogP) is 2.24. The van der Waals surface area contributed by atoms with Gasteiger partial charge >= 0.3 is 5.97 Å². The van der Waals surface area contributed by atoms with Crippen molar-refractivity contribution >= 4 is 23.6 Å². The van der Waals surface area contributed by atoms with Crippen LogP contribution in [0.2, 0.25) is 0 Å². The summed E-state index contributed by atoms with van der Waals surface area (Å²) in [4.78, 5) is 30.5. The zero-order chi connectivity index (χ0) is 17.5. The summed E-state index contributed by atoms with van der Waals surface area (Å²) in [5, 5.41) is 9.25. The summed E-state index contributed by atoms with van der Waals surface area (Å²) in [7, 11) is 0. The summed E-state index contributed by atoms with van der Waals surface area (Å²) in [5.74, 6) is -0.475. The standard InChI is InChI=1S/C17H21N3O3S/c1-3-23-17(22)14-5-4-8-20(11-14)16(21)12(2)24-15-9-13(10-18)6-7-19-15/h6-7,9,12,14H,3-5,8,11H2,1-2H3/t12-,14-/m0/s1. The molecule has 0 radical (unpaired) electrons. The molecule has 0 saturated carbocycles. The Morgan fingerprint density at radius 1 is 1.58 bits per heavy atom. The van der Waals surface area contributed by atoms with E-state index >= 15 is 0 Å². The first-order chi connectivity index (χ1) is 11.5. The van der Waals surface area contributed by atoms with E-state index < -0.39 is 0 Å². The average Bonchev–Trinajstić information content (AvgIpc) is 2.61. The molecule has 0 N–H and O–H groups in total. The number of ether oxygens (including phenoxy) is 1. The van der Waals surface area contributed by atoms with Crippen molar-refractivity contribution in [3.8, 4) is 6.07 Å². The predicted molar refractivity (Wildman–Crippen MR) is 90.2 cm³/mol. The van der Waals surface area contributed by atoms with Crippen molar-refractivity contribution in [1.82, 2.24) is 9.88 Å². The third-order valence-corrected chi connectivity index (χ3v) is 4.88. The fourth-order valence-electron chi connectivity index (χ4n) is 2.66. The number of carbonyl (C=O) groups is 2. The van der Waals surface area contributed by atoms with E-state index in [0.717, 1.165) is 12.8 Å². The Morgan fingerprint density at radius 2 is 2.38 bits per heavy atom. The summed E-state index contributed by atoms with van der Waals surface area (Å²) in [6, 6.07) is 5.37. The van der Waals surface area contributed by atoms with Crippen molar-refractivity contribution in [3.05, 3.63) is 23.9 Å². The lowest BCUT2D eigenvalue weighted by molar-refractivity contribution is -0.151. The van der Waals surface area contributed by atoms with Crippen LogP contribution < -0.4 is 0 Å². The van der Waals surface area contributed by atoms with E-state index in [1.807, 2.05) is 6.92 Å². The van der Waals surface area contributed by atoms with Crippen molar-refractivity contribution < 1.29 is 14.3 Å². The number of nitrogens with zero attached hydrogens (tertiary/aromatic N) is 3. The Balaban J connectivity index is 1.96. The summed E-state index contributed by atoms with van der Waals surface area (Å²) in [6.45, 7) is 5.03. The Hall–Kier alpha value is -2.07. The summed E-state index contributed by atoms with van der Waals surface area (Å²) >= 11 is 1.33. The van der Waals surface area contributed by atoms with Gasteiger partial charge in [0.1, 0.15) is 0 Å². The molecule has 2 atom stereocenters. The molecule has 2 heterocycles. The van der Waals surface area contributed by atoms with E-state index in [1.165, 1.54) is 11.8 Å². The lowest BCUT2D eigenvalue weighted by Crippen LogP contribution is -2.45. The van der Waals surface area contributed by atoms with E-state index in [-0.39, 0.29) is 23.0 Å². The molecule has 1 aromatic heterocycles. The van der Waals surface area contributed by atoms with Gasteiger partial charge in [-0.3, -0.25) is 9.59 Å². The van der Waals surface area contributed by atoms with Crippen molar-refractivity contribution in [3.63, 3.8) is 0 Å². The smallest absolute Gasteiger partial charge is 0.310 e. The molecule has 1 aliphatic heterocycles. The van der Waals surface area contributed by atoms with E-state index in [2.05, 4.69) is 11.1 Å². The maximum atomic E-state index is 12.6. The minimum absolute atomic E-state index is 0.0156. The second kappa shape index (κ2) is 8.69. The van der Waals surface area contributed by atoms with E-state index in [0.29, 0.717) is 30.3 Å². The van der Waals surface area contributed by atoms with Crippen molar-refractivity contribution in [2.24, 2.45) is 5.92 Å². The SMILES string of the molecule is CCOC(=O)[C@H]1CCCN(C(=O)[C@H](C)Sc2cc(C#N)ccn2)C1. The molecule has 1 aromatic rings. The van der Waals surface area contributed by atoms with Gasteiger partial charge in [0.05, 0.1) is 34.4 Å². The van der Waals surface area contributed by atoms with Crippen LogP contribution in [-0.4, -0.2) is 46.7 Å². The number of rotatable bonds is 5. The van der Waals surface area contributed by atoms with Crippen molar-refractivity contribution in [1.29, 1.82) is 5.26 Å². The van der Waals surface area contributed by atoms with Crippen LogP contribution >= 0.6 is 11.8 Å². The Kier molecular flexibility index (Phi) is 6.62. The molecule has 0 aliphatic carbocycles. The number of aromatic nitrogens is 1. The van der Waals surface area contributed by atoms with Crippen LogP contribution in [0.3, 0.4) is 0 Å². The lowest BCUT2D eigenvalue weighted by Gasteiger charge is -2.33. The number of nitriles is 1. The molecule has 0 aromatic carbocycles. The summed E-state index contributed by atoms with van der Waals surface area (Å²) in [5.41, 5.74) is 0.521. The second-order valence-electron chi connectivity index (χ2n) is 5.63. The quantitative estimate of drug-likeness (QED) is 0.600. The fraction of sp³-hybridized carbons (Fsp3) is 0.529. The second-order valence-corrected chi connectivity index (χ2v) is 6.99. The molecule has 6 nitrogen and oxygen atoms in total. The van der Waals surface area contributed by atoms with Crippen LogP contribution in [0.1, 0.15) is 32.3 Å². The molecular formula is C17H21N3O3S. The van der Waals surface area contributed by atoms with Crippen molar-refractivity contribution in [2.45, 2.75) is 37.0 Å². The normalized spacial score (nSPS) is 18.5. The number of amides is 1. The molecule has 128 valence electrons. The molecule has 7 heteroatoms. The topological polar surface area (TPSA) is 83.3 Å². The zero-order valence-electron chi connectivity index (χ0n) is 13.9. The van der Waals surface area contributed by atoms with Gasteiger partial charge in [0.15, 0.2) is 0 Å². The molecule has 0 unspecified atom stereocenters. The Morgan fingerprint density at radius 3 is 3.08 bits per heavy atom. The highest BCUT2D eigenvalue weighted by atomic mass is 32.2. The van der Waals surface area contributed by atoms with Gasteiger partial charge in [0.25, 0.3) is 0 Å². The van der Waals surface area contributed by atoms with Gasteiger partial charge in [-0.2, -0.15) is 5.26 Å². The van der Waals surface area contributed by atoms with Gasteiger partial charge in [-0.1, -0.05) is 11.8 Å². The summed E-state index contributed by atoms with van der Waals surface area (Å²) < 4.78 is 5.07. The Bertz CT molecular complexity index is 644. The highest BCUT2D eigenvalue weighted by molar-refractivity contribution is 8.00. The first kappa shape index (κ1) is 18.3. The maximum absolute atomic E-state index is 12.6. The number of carbonyl (C=O) groups excluding carboxylic acids is 2. The van der Waals surface area contributed by atoms with E-state index in [4.69, 9.17) is 10.00 Å². The minimum atomic E-state index is -0.326. The number of likely N-dealkylation sites (tertiary alicyclic amines) is 1. The van der Waals surface area contributed by atoms with Crippen molar-refractivity contribution in [2.75, 3.05) is 19.7 Å². The average molecular weight is 347 g/mol. The van der Waals surface area contributed by atoms with Gasteiger partial charge in [-0.25, -0.2) is 4.98 Å². The first-order valence-corrected chi connectivity index (χ1v) is 8.91. The van der Waals surface area contributed by atoms with Gasteiger partial charge in [-0.05, 0) is 38.8 Å². The molecular weight excluding hydrogens is 326 g/mol. The highest BCUT2D eigenvalue weighted by Crippen LogP contribution is 2.25. The lowest BCUT2D eigenvalue weighted by atomic mass is 9.98. The number of hydrogen-bond donors (Lipinski definition) is 0. The molecule has 0 bridgehead atoms.